The van der Waals surface area contributed by atoms with E-state index in [4.69, 9.17) is 4.74 Å². The van der Waals surface area contributed by atoms with Crippen LogP contribution >= 0.6 is 0 Å². The molecule has 4 nitrogen and oxygen atoms in total. The molecule has 4 heteroatoms. The van der Waals surface area contributed by atoms with Gasteiger partial charge in [0, 0.05) is 26.1 Å². The van der Waals surface area contributed by atoms with Gasteiger partial charge in [0.1, 0.15) is 5.75 Å². The fourth-order valence-electron chi connectivity index (χ4n) is 1.67. The van der Waals surface area contributed by atoms with Crippen LogP contribution in [0.15, 0.2) is 18.2 Å². The molecule has 80 valence electrons. The number of nitrogens with one attached hydrogen (secondary N) is 1. The Labute approximate surface area is 88.8 Å². The van der Waals surface area contributed by atoms with Gasteiger partial charge in [0.15, 0.2) is 0 Å². The van der Waals surface area contributed by atoms with E-state index in [0.29, 0.717) is 13.0 Å². The smallest absolute Gasteiger partial charge is 0.228 e. The molecule has 1 aromatic rings. The summed E-state index contributed by atoms with van der Waals surface area (Å²) in [6.07, 6.45) is 0.521. The summed E-state index contributed by atoms with van der Waals surface area (Å²) >= 11 is 0. The Bertz CT molecular complexity index is 390. The highest BCUT2D eigenvalue weighted by Gasteiger charge is 2.18. The van der Waals surface area contributed by atoms with Crippen molar-refractivity contribution in [1.82, 2.24) is 0 Å². The molecule has 0 radical (unpaired) electrons. The summed E-state index contributed by atoms with van der Waals surface area (Å²) in [5, 5.41) is 3.22. The topological polar surface area (TPSA) is 41.6 Å². The molecule has 2 rings (SSSR count). The first-order valence-corrected chi connectivity index (χ1v) is 4.91. The van der Waals surface area contributed by atoms with Gasteiger partial charge in [0.25, 0.3) is 0 Å². The van der Waals surface area contributed by atoms with Crippen LogP contribution in [0.4, 0.5) is 11.4 Å². The first-order valence-electron chi connectivity index (χ1n) is 4.91. The molecular weight excluding hydrogens is 192 g/mol. The minimum atomic E-state index is 0.120. The molecule has 0 aromatic heterocycles. The van der Waals surface area contributed by atoms with Crippen molar-refractivity contribution in [2.75, 3.05) is 30.9 Å². The molecule has 0 atom stereocenters. The van der Waals surface area contributed by atoms with Gasteiger partial charge in [0.05, 0.1) is 18.5 Å². The molecule has 1 aliphatic rings. The van der Waals surface area contributed by atoms with Crippen molar-refractivity contribution in [1.29, 1.82) is 0 Å². The second-order valence-corrected chi connectivity index (χ2v) is 3.51. The van der Waals surface area contributed by atoms with E-state index in [1.807, 2.05) is 18.2 Å². The first kappa shape index (κ1) is 9.83. The predicted octanol–water partition coefficient (Wildman–Crippen LogP) is 1.47. The van der Waals surface area contributed by atoms with Gasteiger partial charge >= 0.3 is 0 Å². The van der Waals surface area contributed by atoms with Crippen molar-refractivity contribution in [2.24, 2.45) is 0 Å². The van der Waals surface area contributed by atoms with Gasteiger partial charge in [-0.25, -0.2) is 0 Å². The van der Waals surface area contributed by atoms with E-state index in [2.05, 4.69) is 5.32 Å². The Kier molecular flexibility index (Phi) is 2.49. The van der Waals surface area contributed by atoms with Crippen LogP contribution in [0.1, 0.15) is 6.42 Å². The molecule has 0 aliphatic carbocycles. The van der Waals surface area contributed by atoms with E-state index in [1.54, 1.807) is 19.1 Å². The maximum atomic E-state index is 11.6. The maximum Gasteiger partial charge on any atom is 0.228 e. The van der Waals surface area contributed by atoms with Crippen LogP contribution in [0, 0.1) is 0 Å². The summed E-state index contributed by atoms with van der Waals surface area (Å²) in [5.74, 6) is 0.881. The highest BCUT2D eigenvalue weighted by Crippen LogP contribution is 2.31. The van der Waals surface area contributed by atoms with E-state index in [1.165, 1.54) is 0 Å². The van der Waals surface area contributed by atoms with Crippen LogP contribution in [0.2, 0.25) is 0 Å². The van der Waals surface area contributed by atoms with Gasteiger partial charge in [0.2, 0.25) is 5.91 Å². The van der Waals surface area contributed by atoms with Crippen LogP contribution < -0.4 is 15.0 Å². The Morgan fingerprint density at radius 2 is 2.27 bits per heavy atom. The molecule has 0 fully saturated rings. The summed E-state index contributed by atoms with van der Waals surface area (Å²) in [5.41, 5.74) is 1.85. The third-order valence-corrected chi connectivity index (χ3v) is 2.59. The van der Waals surface area contributed by atoms with Gasteiger partial charge in [-0.3, -0.25) is 4.79 Å². The number of carbonyl (C=O) groups is 1. The highest BCUT2D eigenvalue weighted by molar-refractivity contribution is 5.98. The average Bonchev–Trinajstić information content (AvgIpc) is 2.40. The lowest BCUT2D eigenvalue weighted by molar-refractivity contribution is -0.118. The van der Waals surface area contributed by atoms with Crippen molar-refractivity contribution in [2.45, 2.75) is 6.42 Å². The zero-order chi connectivity index (χ0) is 10.8. The number of hydrogen-bond donors (Lipinski definition) is 1. The lowest BCUT2D eigenvalue weighted by atomic mass is 10.2. The first-order chi connectivity index (χ1) is 7.22. The second-order valence-electron chi connectivity index (χ2n) is 3.51. The largest absolute Gasteiger partial charge is 0.497 e. The number of nitrogens with zero attached hydrogens (tertiary/aromatic N) is 1. The van der Waals surface area contributed by atoms with Crippen LogP contribution in [0.3, 0.4) is 0 Å². The molecule has 0 spiro atoms. The lowest BCUT2D eigenvalue weighted by Gasteiger charge is -2.17. The number of anilines is 2. The van der Waals surface area contributed by atoms with Gasteiger partial charge in [-0.1, -0.05) is 0 Å². The van der Waals surface area contributed by atoms with Gasteiger partial charge in [-0.15, -0.1) is 0 Å². The van der Waals surface area contributed by atoms with E-state index < -0.39 is 0 Å². The lowest BCUT2D eigenvalue weighted by Crippen LogP contribution is -2.25. The van der Waals surface area contributed by atoms with Crippen LogP contribution in [-0.4, -0.2) is 26.6 Å². The highest BCUT2D eigenvalue weighted by atomic mass is 16.5. The van der Waals surface area contributed by atoms with Gasteiger partial charge < -0.3 is 15.0 Å². The van der Waals surface area contributed by atoms with Crippen LogP contribution in [0.5, 0.6) is 5.75 Å². The molecule has 15 heavy (non-hydrogen) atoms. The fourth-order valence-corrected chi connectivity index (χ4v) is 1.67. The fraction of sp³-hybridized carbons (Fsp3) is 0.364. The molecule has 0 unspecified atom stereocenters. The molecule has 1 amide bonds. The van der Waals surface area contributed by atoms with E-state index in [-0.39, 0.29) is 5.91 Å². The number of fused-ring (bicyclic) bond motifs is 1. The monoisotopic (exact) mass is 206 g/mol. The van der Waals surface area contributed by atoms with Crippen molar-refractivity contribution >= 4 is 17.3 Å². The minimum absolute atomic E-state index is 0.120. The SMILES string of the molecule is COc1ccc2c(c1)N(C)C(=O)CCN2. The Morgan fingerprint density at radius 3 is 3.00 bits per heavy atom. The van der Waals surface area contributed by atoms with Gasteiger partial charge in [-0.05, 0) is 12.1 Å². The number of methoxy groups -OCH3 is 1. The number of rotatable bonds is 1. The molecule has 0 saturated heterocycles. The van der Waals surface area contributed by atoms with E-state index >= 15 is 0 Å². The minimum Gasteiger partial charge on any atom is -0.497 e. The molecular formula is C11H14N2O2. The third kappa shape index (κ3) is 1.75. The normalized spacial score (nSPS) is 15.3. The van der Waals surface area contributed by atoms with Crippen molar-refractivity contribution in [3.05, 3.63) is 18.2 Å². The quantitative estimate of drug-likeness (QED) is 0.756. The number of ether oxygens (including phenoxy) is 1. The third-order valence-electron chi connectivity index (χ3n) is 2.59. The van der Waals surface area contributed by atoms with E-state index in [9.17, 15) is 4.79 Å². The molecule has 1 heterocycles. The molecule has 0 saturated carbocycles. The van der Waals surface area contributed by atoms with Crippen molar-refractivity contribution < 1.29 is 9.53 Å². The molecule has 1 aromatic carbocycles. The molecule has 0 bridgehead atoms. The van der Waals surface area contributed by atoms with Crippen molar-refractivity contribution in [3.63, 3.8) is 0 Å². The molecule has 1 aliphatic heterocycles. The summed E-state index contributed by atoms with van der Waals surface area (Å²) in [6.45, 7) is 0.683. The summed E-state index contributed by atoms with van der Waals surface area (Å²) in [4.78, 5) is 13.3. The Balaban J connectivity index is 2.45. The zero-order valence-corrected chi connectivity index (χ0v) is 8.91. The van der Waals surface area contributed by atoms with Crippen LogP contribution in [-0.2, 0) is 4.79 Å². The maximum absolute atomic E-state index is 11.6. The van der Waals surface area contributed by atoms with Gasteiger partial charge in [-0.2, -0.15) is 0 Å². The second kappa shape index (κ2) is 3.81. The number of benzene rings is 1. The Morgan fingerprint density at radius 1 is 1.47 bits per heavy atom. The summed E-state index contributed by atoms with van der Waals surface area (Å²) < 4.78 is 5.14. The summed E-state index contributed by atoms with van der Waals surface area (Å²) in [6, 6.07) is 5.68. The number of hydrogen-bond acceptors (Lipinski definition) is 3. The standard InChI is InChI=1S/C11H14N2O2/c1-13-10-7-8(15-2)3-4-9(10)12-6-5-11(13)14/h3-4,7,12H,5-6H2,1-2H3. The number of amides is 1. The summed E-state index contributed by atoms with van der Waals surface area (Å²) in [7, 11) is 3.40. The number of carbonyl (C=O) groups excluding carboxylic acids is 1. The average molecular weight is 206 g/mol. The Hall–Kier alpha value is -1.71. The molecule has 1 N–H and O–H groups in total. The van der Waals surface area contributed by atoms with Crippen molar-refractivity contribution in [3.8, 4) is 5.75 Å². The predicted molar refractivity (Wildman–Crippen MR) is 59.5 cm³/mol. The zero-order valence-electron chi connectivity index (χ0n) is 8.91. The van der Waals surface area contributed by atoms with Crippen LogP contribution in [0.25, 0.3) is 0 Å². The van der Waals surface area contributed by atoms with E-state index in [0.717, 1.165) is 17.1 Å².